The van der Waals surface area contributed by atoms with Crippen LogP contribution < -0.4 is 0 Å². The van der Waals surface area contributed by atoms with Gasteiger partial charge in [0.25, 0.3) is 0 Å². The van der Waals surface area contributed by atoms with Crippen molar-refractivity contribution in [1.29, 1.82) is 0 Å². The van der Waals surface area contributed by atoms with Crippen molar-refractivity contribution in [3.63, 3.8) is 0 Å². The summed E-state index contributed by atoms with van der Waals surface area (Å²) in [4.78, 5) is 0. The summed E-state index contributed by atoms with van der Waals surface area (Å²) in [5.41, 5.74) is 0.465. The summed E-state index contributed by atoms with van der Waals surface area (Å²) in [6.07, 6.45) is 2.38. The largest absolute Gasteiger partial charge is 0.0625 e. The van der Waals surface area contributed by atoms with E-state index >= 15 is 0 Å². The van der Waals surface area contributed by atoms with Crippen LogP contribution in [0, 0.1) is 24.2 Å². The van der Waals surface area contributed by atoms with Gasteiger partial charge in [0, 0.05) is 0 Å². The van der Waals surface area contributed by atoms with Crippen molar-refractivity contribution in [3.05, 3.63) is 6.92 Å². The van der Waals surface area contributed by atoms with Gasteiger partial charge in [-0.2, -0.15) is 0 Å². The SMILES string of the molecule is [CH2]CC(CC(C)(C)C)C(C)C. The Kier molecular flexibility index (Phi) is 4.13. The van der Waals surface area contributed by atoms with Crippen molar-refractivity contribution in [1.82, 2.24) is 0 Å². The first-order valence-electron chi connectivity index (χ1n) is 4.66. The third kappa shape index (κ3) is 5.29. The maximum absolute atomic E-state index is 3.99. The molecule has 0 aliphatic heterocycles. The Hall–Kier alpha value is 0. The van der Waals surface area contributed by atoms with Crippen LogP contribution >= 0.6 is 0 Å². The standard InChI is InChI=1S/C11H23/c1-7-10(9(2)3)8-11(4,5)6/h9-10H,1,7-8H2,2-6H3. The van der Waals surface area contributed by atoms with Gasteiger partial charge < -0.3 is 0 Å². The molecule has 0 nitrogen and oxygen atoms in total. The topological polar surface area (TPSA) is 0 Å². The van der Waals surface area contributed by atoms with E-state index in [4.69, 9.17) is 0 Å². The van der Waals surface area contributed by atoms with E-state index in [1.807, 2.05) is 0 Å². The van der Waals surface area contributed by atoms with Gasteiger partial charge in [-0.25, -0.2) is 0 Å². The highest BCUT2D eigenvalue weighted by Crippen LogP contribution is 2.30. The van der Waals surface area contributed by atoms with E-state index in [1.165, 1.54) is 6.42 Å². The Bertz CT molecular complexity index is 95.1. The summed E-state index contributed by atoms with van der Waals surface area (Å²) >= 11 is 0. The second-order valence-corrected chi connectivity index (χ2v) is 5.06. The zero-order valence-corrected chi connectivity index (χ0v) is 8.78. The summed E-state index contributed by atoms with van der Waals surface area (Å²) in [6.45, 7) is 15.5. The molecule has 1 atom stereocenters. The van der Waals surface area contributed by atoms with Crippen LogP contribution in [0.25, 0.3) is 0 Å². The number of hydrogen-bond acceptors (Lipinski definition) is 0. The van der Waals surface area contributed by atoms with E-state index in [0.29, 0.717) is 5.41 Å². The van der Waals surface area contributed by atoms with E-state index in [-0.39, 0.29) is 0 Å². The first-order chi connectivity index (χ1) is 4.87. The van der Waals surface area contributed by atoms with Crippen LogP contribution in [-0.2, 0) is 0 Å². The molecule has 0 rings (SSSR count). The summed E-state index contributed by atoms with van der Waals surface area (Å²) in [5.74, 6) is 1.58. The van der Waals surface area contributed by atoms with Crippen molar-refractivity contribution >= 4 is 0 Å². The van der Waals surface area contributed by atoms with E-state index in [2.05, 4.69) is 41.5 Å². The molecule has 0 saturated heterocycles. The van der Waals surface area contributed by atoms with Crippen LogP contribution in [0.15, 0.2) is 0 Å². The van der Waals surface area contributed by atoms with Crippen molar-refractivity contribution in [2.45, 2.75) is 47.5 Å². The molecule has 0 heteroatoms. The Morgan fingerprint density at radius 2 is 1.64 bits per heavy atom. The normalized spacial score (nSPS) is 15.5. The predicted octanol–water partition coefficient (Wildman–Crippen LogP) is 3.92. The maximum atomic E-state index is 3.99. The van der Waals surface area contributed by atoms with Crippen molar-refractivity contribution < 1.29 is 0 Å². The first kappa shape index (κ1) is 11.0. The first-order valence-corrected chi connectivity index (χ1v) is 4.66. The molecule has 0 N–H and O–H groups in total. The molecule has 11 heavy (non-hydrogen) atoms. The van der Waals surface area contributed by atoms with Gasteiger partial charge in [-0.15, -0.1) is 0 Å². The number of hydrogen-bond donors (Lipinski definition) is 0. The molecular weight excluding hydrogens is 132 g/mol. The zero-order valence-electron chi connectivity index (χ0n) is 8.78. The van der Waals surface area contributed by atoms with Crippen LogP contribution in [0.4, 0.5) is 0 Å². The molecule has 0 aromatic heterocycles. The summed E-state index contributed by atoms with van der Waals surface area (Å²) in [5, 5.41) is 0. The van der Waals surface area contributed by atoms with Crippen LogP contribution in [0.3, 0.4) is 0 Å². The van der Waals surface area contributed by atoms with Gasteiger partial charge in [0.15, 0.2) is 0 Å². The lowest BCUT2D eigenvalue weighted by Crippen LogP contribution is -2.17. The van der Waals surface area contributed by atoms with Crippen LogP contribution in [0.1, 0.15) is 47.5 Å². The van der Waals surface area contributed by atoms with Crippen LogP contribution in [0.2, 0.25) is 0 Å². The van der Waals surface area contributed by atoms with Gasteiger partial charge in [-0.05, 0) is 23.7 Å². The monoisotopic (exact) mass is 155 g/mol. The van der Waals surface area contributed by atoms with Gasteiger partial charge in [0.05, 0.1) is 0 Å². The van der Waals surface area contributed by atoms with Gasteiger partial charge in [0.2, 0.25) is 0 Å². The van der Waals surface area contributed by atoms with Crippen LogP contribution in [-0.4, -0.2) is 0 Å². The number of rotatable bonds is 3. The molecule has 0 spiro atoms. The maximum Gasteiger partial charge on any atom is -0.0380 e. The predicted molar refractivity (Wildman–Crippen MR) is 52.4 cm³/mol. The highest BCUT2D eigenvalue weighted by molar-refractivity contribution is 4.72. The lowest BCUT2D eigenvalue weighted by atomic mass is 9.78. The molecule has 0 aliphatic rings. The third-order valence-electron chi connectivity index (χ3n) is 2.19. The lowest BCUT2D eigenvalue weighted by Gasteiger charge is -2.27. The molecule has 0 bridgehead atoms. The van der Waals surface area contributed by atoms with Crippen molar-refractivity contribution in [3.8, 4) is 0 Å². The molecule has 0 heterocycles. The third-order valence-corrected chi connectivity index (χ3v) is 2.19. The highest BCUT2D eigenvalue weighted by atomic mass is 14.2. The molecule has 0 amide bonds. The molecule has 0 aromatic carbocycles. The molecule has 0 aromatic rings. The molecule has 67 valence electrons. The molecule has 0 aliphatic carbocycles. The highest BCUT2D eigenvalue weighted by Gasteiger charge is 2.19. The fraction of sp³-hybridized carbons (Fsp3) is 0.909. The fourth-order valence-corrected chi connectivity index (χ4v) is 1.46. The average Bonchev–Trinajstić information content (AvgIpc) is 1.80. The fourth-order valence-electron chi connectivity index (χ4n) is 1.46. The molecule has 0 fully saturated rings. The Labute approximate surface area is 72.4 Å². The van der Waals surface area contributed by atoms with E-state index < -0.39 is 0 Å². The Morgan fingerprint density at radius 1 is 1.18 bits per heavy atom. The quantitative estimate of drug-likeness (QED) is 0.579. The molecule has 1 radical (unpaired) electrons. The van der Waals surface area contributed by atoms with Crippen molar-refractivity contribution in [2.75, 3.05) is 0 Å². The zero-order chi connectivity index (χ0) is 9.07. The van der Waals surface area contributed by atoms with E-state index in [9.17, 15) is 0 Å². The van der Waals surface area contributed by atoms with Gasteiger partial charge in [0.1, 0.15) is 0 Å². The minimum Gasteiger partial charge on any atom is -0.0625 e. The lowest BCUT2D eigenvalue weighted by molar-refractivity contribution is 0.244. The van der Waals surface area contributed by atoms with Crippen molar-refractivity contribution in [2.24, 2.45) is 17.3 Å². The second-order valence-electron chi connectivity index (χ2n) is 5.06. The minimum atomic E-state index is 0.465. The molecular formula is C11H23. The smallest absolute Gasteiger partial charge is 0.0380 e. The van der Waals surface area contributed by atoms with Gasteiger partial charge in [-0.1, -0.05) is 48.0 Å². The van der Waals surface area contributed by atoms with E-state index in [0.717, 1.165) is 18.3 Å². The van der Waals surface area contributed by atoms with Crippen LogP contribution in [0.5, 0.6) is 0 Å². The summed E-state index contributed by atoms with van der Waals surface area (Å²) in [6, 6.07) is 0. The second kappa shape index (κ2) is 4.13. The average molecular weight is 155 g/mol. The minimum absolute atomic E-state index is 0.465. The Morgan fingerprint density at radius 3 is 1.73 bits per heavy atom. The summed E-state index contributed by atoms with van der Waals surface area (Å²) in [7, 11) is 0. The van der Waals surface area contributed by atoms with Gasteiger partial charge >= 0.3 is 0 Å². The molecule has 1 unspecified atom stereocenters. The van der Waals surface area contributed by atoms with E-state index in [1.54, 1.807) is 0 Å². The van der Waals surface area contributed by atoms with Gasteiger partial charge in [-0.3, -0.25) is 0 Å². The summed E-state index contributed by atoms with van der Waals surface area (Å²) < 4.78 is 0. The Balaban J connectivity index is 3.88. The molecule has 0 saturated carbocycles.